The average molecular weight is 292 g/mol. The number of carbonyl (C=O) groups excluding carboxylic acids is 2. The minimum absolute atomic E-state index is 0.0276. The van der Waals surface area contributed by atoms with Crippen molar-refractivity contribution in [3.8, 4) is 0 Å². The van der Waals surface area contributed by atoms with E-state index in [9.17, 15) is 14.0 Å². The van der Waals surface area contributed by atoms with Crippen LogP contribution in [0.2, 0.25) is 0 Å². The predicted molar refractivity (Wildman–Crippen MR) is 79.2 cm³/mol. The van der Waals surface area contributed by atoms with Crippen molar-refractivity contribution in [2.75, 3.05) is 5.32 Å². The van der Waals surface area contributed by atoms with Crippen molar-refractivity contribution in [3.05, 3.63) is 30.1 Å². The van der Waals surface area contributed by atoms with Crippen LogP contribution in [0.3, 0.4) is 0 Å². The van der Waals surface area contributed by atoms with Crippen molar-refractivity contribution in [2.24, 2.45) is 5.92 Å². The van der Waals surface area contributed by atoms with Gasteiger partial charge in [-0.05, 0) is 44.0 Å². The van der Waals surface area contributed by atoms with E-state index in [1.807, 2.05) is 0 Å². The summed E-state index contributed by atoms with van der Waals surface area (Å²) in [6, 6.07) is 4.93. The maximum absolute atomic E-state index is 12.8. The lowest BCUT2D eigenvalue weighted by Gasteiger charge is -2.23. The van der Waals surface area contributed by atoms with Crippen molar-refractivity contribution in [1.82, 2.24) is 5.32 Å². The molecule has 0 radical (unpaired) electrons. The SMILES string of the molecule is C[C@@H](NC(=O)C1CCCCC1)C(=O)Nc1ccc(F)cc1. The first-order valence-corrected chi connectivity index (χ1v) is 7.43. The number of anilines is 1. The first kappa shape index (κ1) is 15.5. The topological polar surface area (TPSA) is 58.2 Å². The molecule has 1 saturated carbocycles. The quantitative estimate of drug-likeness (QED) is 0.896. The zero-order chi connectivity index (χ0) is 15.2. The highest BCUT2D eigenvalue weighted by atomic mass is 19.1. The molecule has 21 heavy (non-hydrogen) atoms. The molecule has 5 heteroatoms. The Morgan fingerprint density at radius 3 is 2.38 bits per heavy atom. The summed E-state index contributed by atoms with van der Waals surface area (Å²) in [5, 5.41) is 5.41. The van der Waals surface area contributed by atoms with E-state index in [4.69, 9.17) is 0 Å². The molecular formula is C16H21FN2O2. The molecule has 0 aromatic heterocycles. The number of hydrogen-bond acceptors (Lipinski definition) is 2. The summed E-state index contributed by atoms with van der Waals surface area (Å²) in [6.45, 7) is 1.65. The molecule has 2 N–H and O–H groups in total. The molecule has 0 bridgehead atoms. The summed E-state index contributed by atoms with van der Waals surface area (Å²) in [6.07, 6.45) is 5.14. The van der Waals surface area contributed by atoms with E-state index in [0.717, 1.165) is 25.7 Å². The van der Waals surface area contributed by atoms with E-state index in [0.29, 0.717) is 5.69 Å². The molecule has 0 spiro atoms. The first-order chi connectivity index (χ1) is 10.1. The molecule has 0 heterocycles. The van der Waals surface area contributed by atoms with Crippen LogP contribution < -0.4 is 10.6 Å². The normalized spacial score (nSPS) is 17.0. The lowest BCUT2D eigenvalue weighted by Crippen LogP contribution is -2.44. The number of nitrogens with one attached hydrogen (secondary N) is 2. The van der Waals surface area contributed by atoms with Gasteiger partial charge in [0.1, 0.15) is 11.9 Å². The first-order valence-electron chi connectivity index (χ1n) is 7.43. The summed E-state index contributed by atoms with van der Waals surface area (Å²) in [4.78, 5) is 24.1. The third-order valence-electron chi connectivity index (χ3n) is 3.84. The van der Waals surface area contributed by atoms with Crippen molar-refractivity contribution < 1.29 is 14.0 Å². The molecule has 1 atom stereocenters. The van der Waals surface area contributed by atoms with Gasteiger partial charge in [0.25, 0.3) is 0 Å². The van der Waals surface area contributed by atoms with E-state index in [2.05, 4.69) is 10.6 Å². The minimum atomic E-state index is -0.607. The molecule has 4 nitrogen and oxygen atoms in total. The van der Waals surface area contributed by atoms with Crippen LogP contribution in [0.1, 0.15) is 39.0 Å². The van der Waals surface area contributed by atoms with Crippen molar-refractivity contribution >= 4 is 17.5 Å². The van der Waals surface area contributed by atoms with Crippen molar-refractivity contribution in [1.29, 1.82) is 0 Å². The molecule has 114 valence electrons. The fraction of sp³-hybridized carbons (Fsp3) is 0.500. The Kier molecular flexibility index (Phi) is 5.31. The number of amides is 2. The van der Waals surface area contributed by atoms with Crippen LogP contribution in [-0.2, 0) is 9.59 Å². The van der Waals surface area contributed by atoms with Gasteiger partial charge in [-0.2, -0.15) is 0 Å². The Labute approximate surface area is 124 Å². The Morgan fingerprint density at radius 1 is 1.14 bits per heavy atom. The van der Waals surface area contributed by atoms with E-state index >= 15 is 0 Å². The second-order valence-electron chi connectivity index (χ2n) is 5.56. The van der Waals surface area contributed by atoms with Gasteiger partial charge in [0.2, 0.25) is 11.8 Å². The van der Waals surface area contributed by atoms with E-state index in [-0.39, 0.29) is 23.5 Å². The molecule has 2 rings (SSSR count). The van der Waals surface area contributed by atoms with Crippen LogP contribution in [0.15, 0.2) is 24.3 Å². The number of carbonyl (C=O) groups is 2. The molecule has 2 amide bonds. The third kappa shape index (κ3) is 4.55. The lowest BCUT2D eigenvalue weighted by atomic mass is 9.88. The zero-order valence-corrected chi connectivity index (χ0v) is 12.2. The van der Waals surface area contributed by atoms with Gasteiger partial charge in [-0.3, -0.25) is 9.59 Å². The summed E-state index contributed by atoms with van der Waals surface area (Å²) in [5.74, 6) is -0.673. The standard InChI is InChI=1S/C16H21FN2O2/c1-11(18-16(21)12-5-3-2-4-6-12)15(20)19-14-9-7-13(17)8-10-14/h7-12H,2-6H2,1H3,(H,18,21)(H,19,20)/t11-/m1/s1. The number of hydrogen-bond donors (Lipinski definition) is 2. The monoisotopic (exact) mass is 292 g/mol. The Morgan fingerprint density at radius 2 is 1.76 bits per heavy atom. The molecule has 1 aliphatic rings. The largest absolute Gasteiger partial charge is 0.344 e. The van der Waals surface area contributed by atoms with Gasteiger partial charge in [-0.25, -0.2) is 4.39 Å². The number of benzene rings is 1. The van der Waals surface area contributed by atoms with E-state index < -0.39 is 6.04 Å². The summed E-state index contributed by atoms with van der Waals surface area (Å²) < 4.78 is 12.8. The zero-order valence-electron chi connectivity index (χ0n) is 12.2. The van der Waals surface area contributed by atoms with Gasteiger partial charge in [-0.15, -0.1) is 0 Å². The minimum Gasteiger partial charge on any atom is -0.344 e. The van der Waals surface area contributed by atoms with E-state index in [1.165, 1.54) is 30.7 Å². The summed E-state index contributed by atoms with van der Waals surface area (Å²) in [5.41, 5.74) is 0.514. The molecule has 1 aliphatic carbocycles. The predicted octanol–water partition coefficient (Wildman–Crippen LogP) is 2.85. The van der Waals surface area contributed by atoms with Gasteiger partial charge >= 0.3 is 0 Å². The Hall–Kier alpha value is -1.91. The lowest BCUT2D eigenvalue weighted by molar-refractivity contribution is -0.129. The summed E-state index contributed by atoms with van der Waals surface area (Å²) in [7, 11) is 0. The van der Waals surface area contributed by atoms with Crippen LogP contribution in [-0.4, -0.2) is 17.9 Å². The summed E-state index contributed by atoms with van der Waals surface area (Å²) >= 11 is 0. The molecule has 1 aromatic carbocycles. The molecular weight excluding hydrogens is 271 g/mol. The van der Waals surface area contributed by atoms with Crippen LogP contribution in [0, 0.1) is 11.7 Å². The van der Waals surface area contributed by atoms with Crippen molar-refractivity contribution in [3.63, 3.8) is 0 Å². The molecule has 0 saturated heterocycles. The highest BCUT2D eigenvalue weighted by molar-refractivity contribution is 5.97. The van der Waals surface area contributed by atoms with E-state index in [1.54, 1.807) is 6.92 Å². The van der Waals surface area contributed by atoms with Gasteiger partial charge in [0.15, 0.2) is 0 Å². The van der Waals surface area contributed by atoms with Crippen molar-refractivity contribution in [2.45, 2.75) is 45.1 Å². The highest BCUT2D eigenvalue weighted by Gasteiger charge is 2.24. The molecule has 0 aliphatic heterocycles. The highest BCUT2D eigenvalue weighted by Crippen LogP contribution is 2.23. The fourth-order valence-electron chi connectivity index (χ4n) is 2.55. The fourth-order valence-corrected chi connectivity index (χ4v) is 2.55. The Bertz CT molecular complexity index is 496. The van der Waals surface area contributed by atoms with Gasteiger partial charge in [0.05, 0.1) is 0 Å². The van der Waals surface area contributed by atoms with Gasteiger partial charge < -0.3 is 10.6 Å². The molecule has 0 unspecified atom stereocenters. The van der Waals surface area contributed by atoms with Crippen LogP contribution in [0.5, 0.6) is 0 Å². The van der Waals surface area contributed by atoms with Crippen LogP contribution in [0.4, 0.5) is 10.1 Å². The molecule has 1 aromatic rings. The second-order valence-corrected chi connectivity index (χ2v) is 5.56. The maximum atomic E-state index is 12.8. The van der Waals surface area contributed by atoms with Crippen LogP contribution >= 0.6 is 0 Å². The third-order valence-corrected chi connectivity index (χ3v) is 3.84. The smallest absolute Gasteiger partial charge is 0.246 e. The number of halogens is 1. The maximum Gasteiger partial charge on any atom is 0.246 e. The van der Waals surface area contributed by atoms with Crippen LogP contribution in [0.25, 0.3) is 0 Å². The Balaban J connectivity index is 1.84. The molecule has 1 fully saturated rings. The van der Waals surface area contributed by atoms with Gasteiger partial charge in [0, 0.05) is 11.6 Å². The van der Waals surface area contributed by atoms with Gasteiger partial charge in [-0.1, -0.05) is 19.3 Å². The second kappa shape index (κ2) is 7.20. The average Bonchev–Trinajstić information content (AvgIpc) is 2.50. The number of rotatable bonds is 4.